The Bertz CT molecular complexity index is 965. The van der Waals surface area contributed by atoms with Gasteiger partial charge in [0.15, 0.2) is 5.82 Å². The highest BCUT2D eigenvalue weighted by atomic mass is 19.4. The van der Waals surface area contributed by atoms with Crippen LogP contribution in [-0.4, -0.2) is 52.6 Å². The van der Waals surface area contributed by atoms with Gasteiger partial charge in [0.25, 0.3) is 0 Å². The molecule has 9 nitrogen and oxygen atoms in total. The van der Waals surface area contributed by atoms with Crippen LogP contribution in [0.1, 0.15) is 49.8 Å². The summed E-state index contributed by atoms with van der Waals surface area (Å²) in [7, 11) is 1.50. The number of rotatable bonds is 8. The summed E-state index contributed by atoms with van der Waals surface area (Å²) in [4.78, 5) is 28.2. The van der Waals surface area contributed by atoms with Gasteiger partial charge in [-0.2, -0.15) is 18.3 Å². The highest BCUT2D eigenvalue weighted by Gasteiger charge is 2.33. The number of carbonyl (C=O) groups excluding carboxylic acids is 2. The second-order valence-corrected chi connectivity index (χ2v) is 8.04. The molecule has 2 heterocycles. The number of halogens is 3. The molecule has 0 saturated heterocycles. The number of anilines is 1. The van der Waals surface area contributed by atoms with Gasteiger partial charge in [-0.3, -0.25) is 9.89 Å². The van der Waals surface area contributed by atoms with Crippen molar-refractivity contribution < 1.29 is 32.2 Å². The lowest BCUT2D eigenvalue weighted by Crippen LogP contribution is -2.37. The van der Waals surface area contributed by atoms with Crippen LogP contribution in [0.5, 0.6) is 5.88 Å². The minimum Gasteiger partial charge on any atom is -0.481 e. The van der Waals surface area contributed by atoms with Crippen molar-refractivity contribution in [2.75, 3.05) is 12.4 Å². The van der Waals surface area contributed by atoms with Gasteiger partial charge in [0.1, 0.15) is 6.10 Å². The zero-order valence-corrected chi connectivity index (χ0v) is 18.2. The van der Waals surface area contributed by atoms with Crippen LogP contribution in [0, 0.1) is 0 Å². The Labute approximate surface area is 188 Å². The molecule has 2 unspecified atom stereocenters. The summed E-state index contributed by atoms with van der Waals surface area (Å²) in [6.07, 6.45) is -3.26. The standard InChI is InChI=1S/C21H26F3N5O4/c1-12(11-21(22,23)24)26-20(31)33-15-4-3-14(9-15)16-10-17(29-28-16)27-18(30)7-13-5-6-25-19(8-13)32-2/h5-6,8,10,12,14-15H,3-4,7,9,11H2,1-2H3,(H,26,31)(H2,27,28,29,30)/t12?,14-,15?/m0/s1. The molecule has 1 fully saturated rings. The third-order valence-corrected chi connectivity index (χ3v) is 5.24. The van der Waals surface area contributed by atoms with Crippen molar-refractivity contribution in [3.63, 3.8) is 0 Å². The van der Waals surface area contributed by atoms with Crippen LogP contribution in [0.2, 0.25) is 0 Å². The molecule has 33 heavy (non-hydrogen) atoms. The number of hydrogen-bond donors (Lipinski definition) is 3. The van der Waals surface area contributed by atoms with Gasteiger partial charge in [0.2, 0.25) is 11.8 Å². The molecule has 0 bridgehead atoms. The number of hydrogen-bond acceptors (Lipinski definition) is 6. The fraction of sp³-hybridized carbons (Fsp3) is 0.524. The minimum absolute atomic E-state index is 0.0259. The van der Waals surface area contributed by atoms with E-state index in [2.05, 4.69) is 25.8 Å². The lowest BCUT2D eigenvalue weighted by atomic mass is 10.0. The Balaban J connectivity index is 1.46. The molecule has 3 atom stereocenters. The van der Waals surface area contributed by atoms with Crippen LogP contribution in [0.3, 0.4) is 0 Å². The van der Waals surface area contributed by atoms with E-state index in [1.807, 2.05) is 0 Å². The molecule has 1 aliphatic carbocycles. The van der Waals surface area contributed by atoms with Gasteiger partial charge in [-0.25, -0.2) is 9.78 Å². The lowest BCUT2D eigenvalue weighted by Gasteiger charge is -2.18. The van der Waals surface area contributed by atoms with E-state index < -0.39 is 30.8 Å². The molecular weight excluding hydrogens is 443 g/mol. The van der Waals surface area contributed by atoms with Crippen LogP contribution >= 0.6 is 0 Å². The van der Waals surface area contributed by atoms with E-state index in [-0.39, 0.29) is 18.2 Å². The maximum Gasteiger partial charge on any atom is 0.407 e. The fourth-order valence-corrected chi connectivity index (χ4v) is 3.77. The topological polar surface area (TPSA) is 118 Å². The van der Waals surface area contributed by atoms with Crippen molar-refractivity contribution in [3.05, 3.63) is 35.7 Å². The van der Waals surface area contributed by atoms with Crippen molar-refractivity contribution in [1.82, 2.24) is 20.5 Å². The number of alkyl carbamates (subject to hydrolysis) is 1. The molecule has 3 rings (SSSR count). The zero-order valence-electron chi connectivity index (χ0n) is 18.2. The van der Waals surface area contributed by atoms with Gasteiger partial charge in [-0.15, -0.1) is 0 Å². The van der Waals surface area contributed by atoms with Crippen molar-refractivity contribution in [3.8, 4) is 5.88 Å². The van der Waals surface area contributed by atoms with E-state index in [0.29, 0.717) is 31.0 Å². The maximum atomic E-state index is 12.4. The molecule has 12 heteroatoms. The molecule has 0 radical (unpaired) electrons. The number of nitrogens with zero attached hydrogens (tertiary/aromatic N) is 2. The van der Waals surface area contributed by atoms with E-state index in [4.69, 9.17) is 9.47 Å². The molecular formula is C21H26F3N5O4. The number of aromatic amines is 1. The van der Waals surface area contributed by atoms with E-state index in [1.165, 1.54) is 14.0 Å². The summed E-state index contributed by atoms with van der Waals surface area (Å²) in [6.45, 7) is 1.28. The van der Waals surface area contributed by atoms with Crippen LogP contribution in [0.4, 0.5) is 23.8 Å². The molecule has 0 aromatic carbocycles. The van der Waals surface area contributed by atoms with Gasteiger partial charge in [-0.05, 0) is 37.8 Å². The van der Waals surface area contributed by atoms with Gasteiger partial charge >= 0.3 is 12.3 Å². The number of nitrogens with one attached hydrogen (secondary N) is 3. The minimum atomic E-state index is -4.36. The molecule has 2 aromatic rings. The number of aromatic nitrogens is 3. The predicted molar refractivity (Wildman–Crippen MR) is 112 cm³/mol. The number of carbonyl (C=O) groups is 2. The Morgan fingerprint density at radius 1 is 1.30 bits per heavy atom. The lowest BCUT2D eigenvalue weighted by molar-refractivity contribution is -0.138. The number of pyridine rings is 1. The molecule has 0 aliphatic heterocycles. The van der Waals surface area contributed by atoms with Crippen LogP contribution in [-0.2, 0) is 16.0 Å². The van der Waals surface area contributed by atoms with Crippen LogP contribution in [0.25, 0.3) is 0 Å². The smallest absolute Gasteiger partial charge is 0.407 e. The van der Waals surface area contributed by atoms with E-state index in [0.717, 1.165) is 11.3 Å². The van der Waals surface area contributed by atoms with Gasteiger partial charge in [-0.1, -0.05) is 0 Å². The summed E-state index contributed by atoms with van der Waals surface area (Å²) in [5.74, 6) is 0.569. The second-order valence-electron chi connectivity index (χ2n) is 8.04. The summed E-state index contributed by atoms with van der Waals surface area (Å²) < 4.78 is 47.5. The first-order valence-electron chi connectivity index (χ1n) is 10.5. The number of ether oxygens (including phenoxy) is 2. The average Bonchev–Trinajstić information content (AvgIpc) is 3.35. The summed E-state index contributed by atoms with van der Waals surface area (Å²) in [6, 6.07) is 4.05. The Morgan fingerprint density at radius 2 is 2.09 bits per heavy atom. The highest BCUT2D eigenvalue weighted by molar-refractivity contribution is 5.91. The molecule has 180 valence electrons. The van der Waals surface area contributed by atoms with Crippen molar-refractivity contribution >= 4 is 17.8 Å². The summed E-state index contributed by atoms with van der Waals surface area (Å²) >= 11 is 0. The quantitative estimate of drug-likeness (QED) is 0.543. The first kappa shape index (κ1) is 24.3. The maximum absolute atomic E-state index is 12.4. The fourth-order valence-electron chi connectivity index (χ4n) is 3.77. The second kappa shape index (κ2) is 10.5. The summed E-state index contributed by atoms with van der Waals surface area (Å²) in [5, 5.41) is 11.9. The summed E-state index contributed by atoms with van der Waals surface area (Å²) in [5.41, 5.74) is 1.53. The molecule has 2 amide bonds. The highest BCUT2D eigenvalue weighted by Crippen LogP contribution is 2.36. The first-order chi connectivity index (χ1) is 15.6. The first-order valence-corrected chi connectivity index (χ1v) is 10.5. The van der Waals surface area contributed by atoms with E-state index in [1.54, 1.807) is 24.4 Å². The van der Waals surface area contributed by atoms with Gasteiger partial charge in [0.05, 0.1) is 20.0 Å². The molecule has 1 saturated carbocycles. The van der Waals surface area contributed by atoms with Crippen LogP contribution in [0.15, 0.2) is 24.4 Å². The van der Waals surface area contributed by atoms with Gasteiger partial charge in [0, 0.05) is 36.0 Å². The van der Waals surface area contributed by atoms with Crippen molar-refractivity contribution in [1.29, 1.82) is 0 Å². The van der Waals surface area contributed by atoms with E-state index >= 15 is 0 Å². The third-order valence-electron chi connectivity index (χ3n) is 5.24. The Hall–Kier alpha value is -3.31. The van der Waals surface area contributed by atoms with Crippen molar-refractivity contribution in [2.24, 2.45) is 0 Å². The Morgan fingerprint density at radius 3 is 2.82 bits per heavy atom. The molecule has 1 aliphatic rings. The number of methoxy groups -OCH3 is 1. The van der Waals surface area contributed by atoms with Crippen LogP contribution < -0.4 is 15.4 Å². The molecule has 3 N–H and O–H groups in total. The SMILES string of the molecule is COc1cc(CC(=O)Nc2cc([C@H]3CCC(OC(=O)NC(C)CC(F)(F)F)C3)[nH]n2)ccn1. The largest absolute Gasteiger partial charge is 0.481 e. The number of H-pyrrole nitrogens is 1. The number of amides is 2. The normalized spacial score (nSPS) is 19.1. The van der Waals surface area contributed by atoms with Crippen molar-refractivity contribution in [2.45, 2.75) is 63.3 Å². The van der Waals surface area contributed by atoms with E-state index in [9.17, 15) is 22.8 Å². The van der Waals surface area contributed by atoms with Gasteiger partial charge < -0.3 is 20.1 Å². The Kier molecular flexibility index (Phi) is 7.77. The predicted octanol–water partition coefficient (Wildman–Crippen LogP) is 3.70. The monoisotopic (exact) mass is 469 g/mol. The average molecular weight is 469 g/mol. The zero-order chi connectivity index (χ0) is 24.0. The molecule has 0 spiro atoms. The number of alkyl halides is 3. The molecule has 2 aromatic heterocycles. The third kappa shape index (κ3) is 7.65.